The highest BCUT2D eigenvalue weighted by Crippen LogP contribution is 2.22. The summed E-state index contributed by atoms with van der Waals surface area (Å²) in [5, 5.41) is 5.64. The molecule has 0 saturated carbocycles. The van der Waals surface area contributed by atoms with E-state index in [1.54, 1.807) is 43.3 Å². The van der Waals surface area contributed by atoms with E-state index in [2.05, 4.69) is 10.6 Å². The molecular weight excluding hydrogens is 364 g/mol. The van der Waals surface area contributed by atoms with Gasteiger partial charge in [-0.05, 0) is 62.2 Å². The lowest BCUT2D eigenvalue weighted by molar-refractivity contribution is -0.122. The fraction of sp³-hybridized carbons (Fsp3) is 0.167. The van der Waals surface area contributed by atoms with Gasteiger partial charge in [-0.25, -0.2) is 0 Å². The molecule has 5 heteroatoms. The van der Waals surface area contributed by atoms with Crippen molar-refractivity contribution in [1.29, 1.82) is 0 Å². The van der Waals surface area contributed by atoms with Crippen molar-refractivity contribution in [3.63, 3.8) is 0 Å². The van der Waals surface area contributed by atoms with Crippen LogP contribution in [-0.2, 0) is 4.79 Å². The van der Waals surface area contributed by atoms with Crippen molar-refractivity contribution in [1.82, 2.24) is 0 Å². The topological polar surface area (TPSA) is 67.4 Å². The Morgan fingerprint density at radius 3 is 2.31 bits per heavy atom. The SMILES string of the molecule is Cc1ccc(C)c(OC(C)C(=O)Nc2ccccc2C(=O)Nc2ccccc2)c1. The number of aryl methyl sites for hydroxylation is 2. The van der Waals surface area contributed by atoms with Crippen LogP contribution >= 0.6 is 0 Å². The Bertz CT molecular complexity index is 1020. The normalized spacial score (nSPS) is 11.4. The van der Waals surface area contributed by atoms with Crippen LogP contribution in [0.25, 0.3) is 0 Å². The second kappa shape index (κ2) is 9.06. The van der Waals surface area contributed by atoms with Gasteiger partial charge in [0.2, 0.25) is 0 Å². The third kappa shape index (κ3) is 5.23. The third-order valence-electron chi connectivity index (χ3n) is 4.48. The third-order valence-corrected chi connectivity index (χ3v) is 4.48. The van der Waals surface area contributed by atoms with E-state index < -0.39 is 6.10 Å². The van der Waals surface area contributed by atoms with Crippen LogP contribution in [0.2, 0.25) is 0 Å². The maximum atomic E-state index is 12.7. The summed E-state index contributed by atoms with van der Waals surface area (Å²) in [7, 11) is 0. The van der Waals surface area contributed by atoms with Gasteiger partial charge in [0, 0.05) is 5.69 Å². The molecule has 148 valence electrons. The van der Waals surface area contributed by atoms with Crippen LogP contribution < -0.4 is 15.4 Å². The zero-order valence-electron chi connectivity index (χ0n) is 16.7. The van der Waals surface area contributed by atoms with Crippen molar-refractivity contribution in [3.05, 3.63) is 89.5 Å². The van der Waals surface area contributed by atoms with Crippen molar-refractivity contribution in [2.24, 2.45) is 0 Å². The minimum atomic E-state index is -0.722. The van der Waals surface area contributed by atoms with Gasteiger partial charge in [-0.15, -0.1) is 0 Å². The highest BCUT2D eigenvalue weighted by atomic mass is 16.5. The molecule has 3 aromatic carbocycles. The van der Waals surface area contributed by atoms with Gasteiger partial charge in [0.25, 0.3) is 11.8 Å². The smallest absolute Gasteiger partial charge is 0.265 e. The molecule has 0 aliphatic carbocycles. The summed E-state index contributed by atoms with van der Waals surface area (Å²) < 4.78 is 5.84. The maximum Gasteiger partial charge on any atom is 0.265 e. The number of amides is 2. The second-order valence-electron chi connectivity index (χ2n) is 6.88. The number of ether oxygens (including phenoxy) is 1. The molecular formula is C24H24N2O3. The predicted octanol–water partition coefficient (Wildman–Crippen LogP) is 4.96. The van der Waals surface area contributed by atoms with Crippen LogP contribution in [0, 0.1) is 13.8 Å². The molecule has 0 saturated heterocycles. The summed E-state index contributed by atoms with van der Waals surface area (Å²) in [5.74, 6) is 0.0452. The molecule has 0 aromatic heterocycles. The lowest BCUT2D eigenvalue weighted by Crippen LogP contribution is -2.31. The molecule has 0 fully saturated rings. The molecule has 2 N–H and O–H groups in total. The van der Waals surface area contributed by atoms with Crippen molar-refractivity contribution >= 4 is 23.2 Å². The lowest BCUT2D eigenvalue weighted by atomic mass is 10.1. The van der Waals surface area contributed by atoms with E-state index in [0.29, 0.717) is 22.7 Å². The maximum absolute atomic E-state index is 12.7. The Kier molecular flexibility index (Phi) is 6.29. The second-order valence-corrected chi connectivity index (χ2v) is 6.88. The summed E-state index contributed by atoms with van der Waals surface area (Å²) in [6, 6.07) is 21.9. The number of rotatable bonds is 6. The van der Waals surface area contributed by atoms with Crippen LogP contribution in [0.1, 0.15) is 28.4 Å². The first-order chi connectivity index (χ1) is 13.9. The zero-order chi connectivity index (χ0) is 20.8. The molecule has 5 nitrogen and oxygen atoms in total. The van der Waals surface area contributed by atoms with Crippen molar-refractivity contribution in [2.75, 3.05) is 10.6 Å². The van der Waals surface area contributed by atoms with Gasteiger partial charge < -0.3 is 15.4 Å². The van der Waals surface area contributed by atoms with Gasteiger partial charge in [0.05, 0.1) is 11.3 Å². The van der Waals surface area contributed by atoms with Crippen LogP contribution in [0.4, 0.5) is 11.4 Å². The number of carbonyl (C=O) groups is 2. The number of hydrogen-bond donors (Lipinski definition) is 2. The number of nitrogens with one attached hydrogen (secondary N) is 2. The predicted molar refractivity (Wildman–Crippen MR) is 115 cm³/mol. The monoisotopic (exact) mass is 388 g/mol. The zero-order valence-corrected chi connectivity index (χ0v) is 16.7. The standard InChI is InChI=1S/C24H24N2O3/c1-16-13-14-17(2)22(15-16)29-18(3)23(27)26-21-12-8-7-11-20(21)24(28)25-19-9-5-4-6-10-19/h4-15,18H,1-3H3,(H,25,28)(H,26,27). The van der Waals surface area contributed by atoms with Gasteiger partial charge in [0.15, 0.2) is 6.10 Å². The number of hydrogen-bond acceptors (Lipinski definition) is 3. The average molecular weight is 388 g/mol. The molecule has 3 rings (SSSR count). The number of para-hydroxylation sites is 2. The Morgan fingerprint density at radius 2 is 1.55 bits per heavy atom. The molecule has 3 aromatic rings. The Balaban J connectivity index is 1.72. The molecule has 2 amide bonds. The Labute approximate surface area is 170 Å². The first kappa shape index (κ1) is 20.1. The molecule has 1 atom stereocenters. The van der Waals surface area contributed by atoms with Gasteiger partial charge in [-0.1, -0.05) is 42.5 Å². The molecule has 0 spiro atoms. The van der Waals surface area contributed by atoms with Gasteiger partial charge in [0.1, 0.15) is 5.75 Å². The molecule has 0 heterocycles. The lowest BCUT2D eigenvalue weighted by Gasteiger charge is -2.18. The van der Waals surface area contributed by atoms with Crippen LogP contribution in [0.5, 0.6) is 5.75 Å². The average Bonchev–Trinajstić information content (AvgIpc) is 2.71. The van der Waals surface area contributed by atoms with E-state index in [9.17, 15) is 9.59 Å². The molecule has 0 aliphatic rings. The van der Waals surface area contributed by atoms with E-state index in [0.717, 1.165) is 11.1 Å². The Hall–Kier alpha value is -3.60. The number of carbonyl (C=O) groups excluding carboxylic acids is 2. The number of anilines is 2. The molecule has 29 heavy (non-hydrogen) atoms. The fourth-order valence-electron chi connectivity index (χ4n) is 2.82. The minimum Gasteiger partial charge on any atom is -0.481 e. The summed E-state index contributed by atoms with van der Waals surface area (Å²) >= 11 is 0. The molecule has 0 bridgehead atoms. The summed E-state index contributed by atoms with van der Waals surface area (Å²) in [6.45, 7) is 5.59. The highest BCUT2D eigenvalue weighted by molar-refractivity contribution is 6.10. The van der Waals surface area contributed by atoms with Crippen LogP contribution in [0.3, 0.4) is 0 Å². The molecule has 0 aliphatic heterocycles. The fourth-order valence-corrected chi connectivity index (χ4v) is 2.82. The first-order valence-corrected chi connectivity index (χ1v) is 9.44. The Morgan fingerprint density at radius 1 is 0.862 bits per heavy atom. The molecule has 1 unspecified atom stereocenters. The summed E-state index contributed by atoms with van der Waals surface area (Å²) in [5.41, 5.74) is 3.51. The van der Waals surface area contributed by atoms with E-state index in [1.807, 2.05) is 50.2 Å². The van der Waals surface area contributed by atoms with Gasteiger partial charge >= 0.3 is 0 Å². The van der Waals surface area contributed by atoms with Gasteiger partial charge in [-0.3, -0.25) is 9.59 Å². The van der Waals surface area contributed by atoms with Gasteiger partial charge in [-0.2, -0.15) is 0 Å². The van der Waals surface area contributed by atoms with E-state index in [-0.39, 0.29) is 11.8 Å². The van der Waals surface area contributed by atoms with E-state index >= 15 is 0 Å². The summed E-state index contributed by atoms with van der Waals surface area (Å²) in [4.78, 5) is 25.3. The van der Waals surface area contributed by atoms with E-state index in [1.165, 1.54) is 0 Å². The molecule has 0 radical (unpaired) electrons. The van der Waals surface area contributed by atoms with Crippen LogP contribution in [0.15, 0.2) is 72.8 Å². The number of benzene rings is 3. The first-order valence-electron chi connectivity index (χ1n) is 9.44. The largest absolute Gasteiger partial charge is 0.481 e. The van der Waals surface area contributed by atoms with E-state index in [4.69, 9.17) is 4.74 Å². The highest BCUT2D eigenvalue weighted by Gasteiger charge is 2.19. The van der Waals surface area contributed by atoms with Crippen molar-refractivity contribution in [2.45, 2.75) is 26.9 Å². The van der Waals surface area contributed by atoms with Crippen LogP contribution in [-0.4, -0.2) is 17.9 Å². The van der Waals surface area contributed by atoms with Crippen molar-refractivity contribution in [3.8, 4) is 5.75 Å². The summed E-state index contributed by atoms with van der Waals surface area (Å²) in [6.07, 6.45) is -0.722. The quantitative estimate of drug-likeness (QED) is 0.627. The minimum absolute atomic E-state index is 0.296. The van der Waals surface area contributed by atoms with Crippen molar-refractivity contribution < 1.29 is 14.3 Å².